The van der Waals surface area contributed by atoms with Gasteiger partial charge in [0.2, 0.25) is 0 Å². The molecule has 11 rings (SSSR count). The fourth-order valence-corrected chi connectivity index (χ4v) is 14.7. The summed E-state index contributed by atoms with van der Waals surface area (Å²) in [6.45, 7) is 0. The third-order valence-corrected chi connectivity index (χ3v) is 17.8. The van der Waals surface area contributed by atoms with Crippen LogP contribution in [-0.2, 0) is 0 Å². The second-order valence-corrected chi connectivity index (χ2v) is 21.0. The first-order chi connectivity index (χ1) is 26.7. The van der Waals surface area contributed by atoms with Crippen LogP contribution >= 0.6 is 0 Å². The normalized spacial score (nSPS) is 12.6. The van der Waals surface area contributed by atoms with Crippen molar-refractivity contribution in [3.63, 3.8) is 0 Å². The second-order valence-electron chi connectivity index (χ2n) is 14.8. The molecule has 0 saturated carbocycles. The number of hydrogen-bond donors (Lipinski definition) is 0. The van der Waals surface area contributed by atoms with Crippen molar-refractivity contribution < 1.29 is 0 Å². The van der Waals surface area contributed by atoms with Crippen molar-refractivity contribution in [2.24, 2.45) is 0 Å². The van der Waals surface area contributed by atoms with E-state index in [-0.39, 0.29) is 0 Å². The molecule has 0 spiro atoms. The average Bonchev–Trinajstić information content (AvgIpc) is 3.61. The van der Waals surface area contributed by atoms with Crippen LogP contribution in [0.5, 0.6) is 0 Å². The molecule has 1 aliphatic heterocycles. The maximum absolute atomic E-state index is 2.52. The Morgan fingerprint density at radius 2 is 0.815 bits per heavy atom. The summed E-state index contributed by atoms with van der Waals surface area (Å²) in [5.74, 6) is 0. The van der Waals surface area contributed by atoms with Crippen molar-refractivity contribution in [2.45, 2.75) is 0 Å². The Bertz CT molecular complexity index is 3150. The number of rotatable bonds is 4. The van der Waals surface area contributed by atoms with Crippen LogP contribution < -0.4 is 13.2 Å². The molecule has 10 aromatic rings. The number of fused-ring (bicyclic) bond motifs is 7. The van der Waals surface area contributed by atoms with Crippen molar-refractivity contribution in [3.8, 4) is 55.6 Å². The zero-order valence-corrected chi connectivity index (χ0v) is 37.3. The SMILES string of the molecule is [GeH3][c]1ccccc1-c1ccccc1-c1cccc2c(-c3ccc4cc5ccccc5cc4c3)c3cccc(-c4ccc[c]5c4-c4cccc[c]4[GeH2]5)c3cc12. The molecule has 0 fully saturated rings. The fraction of sp³-hybridized carbons (Fsp3) is 0. The summed E-state index contributed by atoms with van der Waals surface area (Å²) in [5, 5.41) is 10.3. The molecule has 54 heavy (non-hydrogen) atoms. The Morgan fingerprint density at radius 3 is 1.56 bits per heavy atom. The van der Waals surface area contributed by atoms with Crippen molar-refractivity contribution in [3.05, 3.63) is 188 Å². The number of benzene rings is 10. The summed E-state index contributed by atoms with van der Waals surface area (Å²) in [4.78, 5) is 0. The zero-order chi connectivity index (χ0) is 35.8. The monoisotopic (exact) mass is 808 g/mol. The van der Waals surface area contributed by atoms with Gasteiger partial charge >= 0.3 is 302 Å². The van der Waals surface area contributed by atoms with Gasteiger partial charge in [0, 0.05) is 0 Å². The summed E-state index contributed by atoms with van der Waals surface area (Å²) in [7, 11) is 0. The minimum absolute atomic E-state index is 0.563. The molecule has 1 heterocycles. The van der Waals surface area contributed by atoms with Crippen LogP contribution in [0.3, 0.4) is 0 Å². The molecule has 252 valence electrons. The quantitative estimate of drug-likeness (QED) is 0.123. The standard InChI is InChI=1S/C52H36Ge2/c53-48-23-7-5-16-41(48)38-15-4-3-14-37(38)39-18-9-20-43-46(39)31-47-40(42-22-11-25-50-52(42)45-17-6-8-24-49(45)54-50)19-10-21-44(47)51(43)35-27-26-34-28-32-12-1-2-13-33(32)29-36(34)30-35/h1-31H,54H2,53H3. The van der Waals surface area contributed by atoms with Crippen LogP contribution in [-0.4, -0.2) is 31.9 Å². The molecular formula is C52H36Ge2. The van der Waals surface area contributed by atoms with E-state index in [0.717, 1.165) is 0 Å². The molecule has 0 N–H and O–H groups in total. The van der Waals surface area contributed by atoms with Crippen LogP contribution in [0.4, 0.5) is 0 Å². The zero-order valence-electron chi connectivity index (χ0n) is 30.1. The molecule has 0 unspecified atom stereocenters. The van der Waals surface area contributed by atoms with E-state index < -0.39 is 15.4 Å². The molecule has 0 amide bonds. The van der Waals surface area contributed by atoms with Crippen LogP contribution in [0.15, 0.2) is 188 Å². The van der Waals surface area contributed by atoms with E-state index in [2.05, 4.69) is 188 Å². The van der Waals surface area contributed by atoms with E-state index in [4.69, 9.17) is 0 Å². The van der Waals surface area contributed by atoms with Gasteiger partial charge in [0.1, 0.15) is 0 Å². The maximum atomic E-state index is 2.52. The van der Waals surface area contributed by atoms with Gasteiger partial charge in [-0.15, -0.1) is 0 Å². The predicted octanol–water partition coefficient (Wildman–Crippen LogP) is 10.1. The Kier molecular flexibility index (Phi) is 7.50. The van der Waals surface area contributed by atoms with E-state index in [1.54, 1.807) is 8.79 Å². The van der Waals surface area contributed by atoms with Crippen molar-refractivity contribution >= 4 is 88.2 Å². The van der Waals surface area contributed by atoms with Gasteiger partial charge in [0.25, 0.3) is 0 Å². The molecule has 10 aromatic carbocycles. The van der Waals surface area contributed by atoms with Gasteiger partial charge in [-0.2, -0.15) is 0 Å². The van der Waals surface area contributed by atoms with Gasteiger partial charge < -0.3 is 0 Å². The van der Waals surface area contributed by atoms with E-state index in [9.17, 15) is 0 Å². The molecule has 0 nitrogen and oxygen atoms in total. The minimum atomic E-state index is -1.06. The fourth-order valence-electron chi connectivity index (χ4n) is 9.28. The Morgan fingerprint density at radius 1 is 0.296 bits per heavy atom. The molecule has 0 saturated heterocycles. The summed E-state index contributed by atoms with van der Waals surface area (Å²) in [6.07, 6.45) is 0. The van der Waals surface area contributed by atoms with Crippen molar-refractivity contribution in [2.75, 3.05) is 0 Å². The van der Waals surface area contributed by atoms with Gasteiger partial charge in [-0.05, 0) is 5.39 Å². The molecule has 0 aromatic heterocycles. The van der Waals surface area contributed by atoms with Crippen molar-refractivity contribution in [1.29, 1.82) is 0 Å². The Balaban J connectivity index is 1.25. The summed E-state index contributed by atoms with van der Waals surface area (Å²) < 4.78 is 4.66. The summed E-state index contributed by atoms with van der Waals surface area (Å²) in [5.41, 5.74) is 13.4. The number of hydrogen-bond acceptors (Lipinski definition) is 0. The van der Waals surface area contributed by atoms with Gasteiger partial charge in [0.05, 0.1) is 0 Å². The third-order valence-electron chi connectivity index (χ3n) is 11.8. The molecule has 0 radical (unpaired) electrons. The third kappa shape index (κ3) is 5.05. The van der Waals surface area contributed by atoms with Gasteiger partial charge in [-0.1, -0.05) is 24.3 Å². The van der Waals surface area contributed by atoms with Crippen molar-refractivity contribution in [1.82, 2.24) is 0 Å². The van der Waals surface area contributed by atoms with Gasteiger partial charge in [-0.25, -0.2) is 0 Å². The summed E-state index contributed by atoms with van der Waals surface area (Å²) in [6, 6.07) is 71.2. The van der Waals surface area contributed by atoms with Gasteiger partial charge in [-0.3, -0.25) is 0 Å². The first kappa shape index (κ1) is 31.8. The Labute approximate surface area is 329 Å². The molecular weight excluding hydrogens is 770 g/mol. The molecule has 1 aliphatic rings. The predicted molar refractivity (Wildman–Crippen MR) is 241 cm³/mol. The van der Waals surface area contributed by atoms with E-state index in [1.165, 1.54) is 103 Å². The van der Waals surface area contributed by atoms with E-state index >= 15 is 0 Å². The molecule has 2 heteroatoms. The van der Waals surface area contributed by atoms with E-state index in [1.807, 2.05) is 0 Å². The van der Waals surface area contributed by atoms with Crippen LogP contribution in [0.1, 0.15) is 0 Å². The van der Waals surface area contributed by atoms with Crippen LogP contribution in [0, 0.1) is 0 Å². The topological polar surface area (TPSA) is 0 Å². The van der Waals surface area contributed by atoms with E-state index in [0.29, 0.717) is 16.5 Å². The second kappa shape index (κ2) is 12.7. The van der Waals surface area contributed by atoms with Crippen LogP contribution in [0.2, 0.25) is 0 Å². The first-order valence-corrected chi connectivity index (χ1v) is 24.0. The van der Waals surface area contributed by atoms with Gasteiger partial charge in [0.15, 0.2) is 0 Å². The van der Waals surface area contributed by atoms with Crippen LogP contribution in [0.25, 0.3) is 98.7 Å². The first-order valence-electron chi connectivity index (χ1n) is 19.0. The molecule has 0 bridgehead atoms. The molecule has 0 atom stereocenters. The molecule has 0 aliphatic carbocycles. The average molecular weight is 806 g/mol. The summed E-state index contributed by atoms with van der Waals surface area (Å²) >= 11 is -0.492. The Hall–Kier alpha value is -5.67.